The molecule has 0 radical (unpaired) electrons. The zero-order valence-electron chi connectivity index (χ0n) is 7.79. The van der Waals surface area contributed by atoms with Crippen molar-refractivity contribution < 1.29 is 9.59 Å². The number of rotatable bonds is 3. The largest absolute Gasteiger partial charge is 0.398 e. The number of benzene rings is 1. The van der Waals surface area contributed by atoms with Crippen LogP contribution in [0, 0.1) is 0 Å². The SMILES string of the molecule is NC(=O)CNC(=O)c1cccc(N)c1Br. The van der Waals surface area contributed by atoms with E-state index in [4.69, 9.17) is 11.5 Å². The number of halogens is 1. The molecule has 0 aromatic heterocycles. The molecule has 0 saturated carbocycles. The van der Waals surface area contributed by atoms with Crippen LogP contribution in [0.2, 0.25) is 0 Å². The Morgan fingerprint density at radius 2 is 2.07 bits per heavy atom. The van der Waals surface area contributed by atoms with Gasteiger partial charge in [-0.2, -0.15) is 0 Å². The van der Waals surface area contributed by atoms with E-state index < -0.39 is 11.8 Å². The van der Waals surface area contributed by atoms with Crippen molar-refractivity contribution in [2.75, 3.05) is 12.3 Å². The molecule has 15 heavy (non-hydrogen) atoms. The molecule has 1 aromatic rings. The first kappa shape index (κ1) is 11.5. The smallest absolute Gasteiger partial charge is 0.252 e. The zero-order valence-corrected chi connectivity index (χ0v) is 9.37. The average Bonchev–Trinajstić information content (AvgIpc) is 2.18. The fourth-order valence-electron chi connectivity index (χ4n) is 0.988. The van der Waals surface area contributed by atoms with Crippen molar-refractivity contribution in [1.29, 1.82) is 0 Å². The van der Waals surface area contributed by atoms with Crippen molar-refractivity contribution >= 4 is 33.4 Å². The number of hydrogen-bond acceptors (Lipinski definition) is 3. The molecule has 0 saturated heterocycles. The zero-order chi connectivity index (χ0) is 11.4. The van der Waals surface area contributed by atoms with E-state index in [1.807, 2.05) is 0 Å². The summed E-state index contributed by atoms with van der Waals surface area (Å²) in [4.78, 5) is 22.0. The van der Waals surface area contributed by atoms with Crippen molar-refractivity contribution in [3.8, 4) is 0 Å². The Balaban J connectivity index is 2.82. The van der Waals surface area contributed by atoms with Gasteiger partial charge in [-0.1, -0.05) is 6.07 Å². The minimum atomic E-state index is -0.594. The van der Waals surface area contributed by atoms with Gasteiger partial charge in [0.05, 0.1) is 16.6 Å². The van der Waals surface area contributed by atoms with Crippen LogP contribution in [0.15, 0.2) is 22.7 Å². The van der Waals surface area contributed by atoms with Crippen molar-refractivity contribution in [3.63, 3.8) is 0 Å². The fourth-order valence-corrected chi connectivity index (χ4v) is 1.43. The summed E-state index contributed by atoms with van der Waals surface area (Å²) in [6.07, 6.45) is 0. The van der Waals surface area contributed by atoms with Crippen molar-refractivity contribution in [3.05, 3.63) is 28.2 Å². The number of hydrogen-bond donors (Lipinski definition) is 3. The molecule has 80 valence electrons. The Morgan fingerprint density at radius 3 is 2.67 bits per heavy atom. The third-order valence-electron chi connectivity index (χ3n) is 1.70. The van der Waals surface area contributed by atoms with Crippen molar-refractivity contribution in [2.24, 2.45) is 5.73 Å². The lowest BCUT2D eigenvalue weighted by Crippen LogP contribution is -2.33. The highest BCUT2D eigenvalue weighted by atomic mass is 79.9. The molecule has 5 nitrogen and oxygen atoms in total. The van der Waals surface area contributed by atoms with Crippen LogP contribution in [0.25, 0.3) is 0 Å². The van der Waals surface area contributed by atoms with Gasteiger partial charge >= 0.3 is 0 Å². The molecule has 0 aliphatic heterocycles. The highest BCUT2D eigenvalue weighted by Crippen LogP contribution is 2.23. The standard InChI is InChI=1S/C9H10BrN3O2/c10-8-5(2-1-3-6(8)11)9(15)13-4-7(12)14/h1-3H,4,11H2,(H2,12,14)(H,13,15). The average molecular weight is 272 g/mol. The molecule has 0 aliphatic rings. The summed E-state index contributed by atoms with van der Waals surface area (Å²) >= 11 is 3.19. The molecule has 0 heterocycles. The third kappa shape index (κ3) is 2.95. The Morgan fingerprint density at radius 1 is 1.40 bits per heavy atom. The number of amides is 2. The van der Waals surface area contributed by atoms with Crippen LogP contribution in [0.1, 0.15) is 10.4 Å². The van der Waals surface area contributed by atoms with Gasteiger partial charge < -0.3 is 16.8 Å². The lowest BCUT2D eigenvalue weighted by molar-refractivity contribution is -0.117. The lowest BCUT2D eigenvalue weighted by atomic mass is 10.2. The number of carbonyl (C=O) groups excluding carboxylic acids is 2. The van der Waals surface area contributed by atoms with E-state index >= 15 is 0 Å². The number of nitrogens with two attached hydrogens (primary N) is 2. The molecule has 1 aromatic carbocycles. The van der Waals surface area contributed by atoms with Gasteiger partial charge in [-0.3, -0.25) is 9.59 Å². The molecule has 6 heteroatoms. The summed E-state index contributed by atoms with van der Waals surface area (Å²) in [5.74, 6) is -0.989. The van der Waals surface area contributed by atoms with E-state index in [1.165, 1.54) is 0 Å². The molecule has 2 amide bonds. The predicted octanol–water partition coefficient (Wildman–Crippen LogP) is 0.246. The van der Waals surface area contributed by atoms with E-state index in [1.54, 1.807) is 18.2 Å². The normalized spacial score (nSPS) is 9.67. The van der Waals surface area contributed by atoms with E-state index in [0.717, 1.165) is 0 Å². The maximum atomic E-state index is 11.5. The summed E-state index contributed by atoms with van der Waals surface area (Å²) in [5, 5.41) is 2.37. The summed E-state index contributed by atoms with van der Waals surface area (Å²) in [6, 6.07) is 4.91. The maximum absolute atomic E-state index is 11.5. The number of nitrogens with one attached hydrogen (secondary N) is 1. The summed E-state index contributed by atoms with van der Waals surface area (Å²) in [7, 11) is 0. The van der Waals surface area contributed by atoms with E-state index in [-0.39, 0.29) is 6.54 Å². The molecule has 0 aliphatic carbocycles. The van der Waals surface area contributed by atoms with Gasteiger partial charge in [-0.05, 0) is 28.1 Å². The first-order valence-corrected chi connectivity index (χ1v) is 4.92. The molecule has 0 atom stereocenters. The Hall–Kier alpha value is -1.56. The van der Waals surface area contributed by atoms with Crippen LogP contribution >= 0.6 is 15.9 Å². The molecular weight excluding hydrogens is 262 g/mol. The van der Waals surface area contributed by atoms with Crippen LogP contribution < -0.4 is 16.8 Å². The summed E-state index contributed by atoms with van der Waals surface area (Å²) < 4.78 is 0.506. The summed E-state index contributed by atoms with van der Waals surface area (Å²) in [5.41, 5.74) is 11.3. The Kier molecular flexibility index (Phi) is 3.68. The minimum Gasteiger partial charge on any atom is -0.398 e. The van der Waals surface area contributed by atoms with Crippen molar-refractivity contribution in [2.45, 2.75) is 0 Å². The van der Waals surface area contributed by atoms with E-state index in [9.17, 15) is 9.59 Å². The van der Waals surface area contributed by atoms with Crippen LogP contribution in [0.3, 0.4) is 0 Å². The molecule has 0 fully saturated rings. The first-order chi connectivity index (χ1) is 7.02. The number of primary amides is 1. The molecule has 1 rings (SSSR count). The molecule has 0 spiro atoms. The number of anilines is 1. The second kappa shape index (κ2) is 4.79. The highest BCUT2D eigenvalue weighted by Gasteiger charge is 2.11. The van der Waals surface area contributed by atoms with Gasteiger partial charge in [0.2, 0.25) is 5.91 Å². The fraction of sp³-hybridized carbons (Fsp3) is 0.111. The minimum absolute atomic E-state index is 0.194. The van der Waals surface area contributed by atoms with Crippen molar-refractivity contribution in [1.82, 2.24) is 5.32 Å². The van der Waals surface area contributed by atoms with E-state index in [2.05, 4.69) is 21.2 Å². The highest BCUT2D eigenvalue weighted by molar-refractivity contribution is 9.10. The molecule has 0 bridgehead atoms. The molecular formula is C9H10BrN3O2. The summed E-state index contributed by atoms with van der Waals surface area (Å²) in [6.45, 7) is -0.194. The Bertz CT molecular complexity index is 406. The molecule has 0 unspecified atom stereocenters. The monoisotopic (exact) mass is 271 g/mol. The van der Waals surface area contributed by atoms with Gasteiger partial charge in [0, 0.05) is 5.69 Å². The Labute approximate surface area is 94.9 Å². The van der Waals surface area contributed by atoms with Crippen LogP contribution in [-0.2, 0) is 4.79 Å². The van der Waals surface area contributed by atoms with Gasteiger partial charge in [-0.15, -0.1) is 0 Å². The quantitative estimate of drug-likeness (QED) is 0.687. The van der Waals surface area contributed by atoms with Crippen LogP contribution in [0.4, 0.5) is 5.69 Å². The second-order valence-corrected chi connectivity index (χ2v) is 3.65. The number of nitrogen functional groups attached to an aromatic ring is 1. The van der Waals surface area contributed by atoms with Gasteiger partial charge in [0.15, 0.2) is 0 Å². The van der Waals surface area contributed by atoms with Gasteiger partial charge in [-0.25, -0.2) is 0 Å². The maximum Gasteiger partial charge on any atom is 0.252 e. The third-order valence-corrected chi connectivity index (χ3v) is 2.58. The first-order valence-electron chi connectivity index (χ1n) is 4.13. The number of carbonyl (C=O) groups is 2. The van der Waals surface area contributed by atoms with E-state index in [0.29, 0.717) is 15.7 Å². The van der Waals surface area contributed by atoms with Crippen LogP contribution in [0.5, 0.6) is 0 Å². The topological polar surface area (TPSA) is 98.2 Å². The van der Waals surface area contributed by atoms with Crippen LogP contribution in [-0.4, -0.2) is 18.4 Å². The second-order valence-electron chi connectivity index (χ2n) is 2.86. The molecule has 5 N–H and O–H groups in total. The van der Waals surface area contributed by atoms with Gasteiger partial charge in [0.25, 0.3) is 5.91 Å². The lowest BCUT2D eigenvalue weighted by Gasteiger charge is -2.06. The van der Waals surface area contributed by atoms with Gasteiger partial charge in [0.1, 0.15) is 0 Å². The predicted molar refractivity (Wildman–Crippen MR) is 60.1 cm³/mol.